The van der Waals surface area contributed by atoms with Crippen molar-refractivity contribution in [1.29, 1.82) is 0 Å². The van der Waals surface area contributed by atoms with Crippen LogP contribution < -0.4 is 10.6 Å². The van der Waals surface area contributed by atoms with Crippen LogP contribution in [-0.2, 0) is 0 Å². The van der Waals surface area contributed by atoms with Crippen LogP contribution in [0.15, 0.2) is 42.6 Å². The van der Waals surface area contributed by atoms with Crippen LogP contribution >= 0.6 is 0 Å². The van der Waals surface area contributed by atoms with Gasteiger partial charge in [0, 0.05) is 25.3 Å². The van der Waals surface area contributed by atoms with E-state index in [-0.39, 0.29) is 11.8 Å². The molecule has 1 saturated carbocycles. The molecule has 1 aliphatic carbocycles. The molecule has 2 aliphatic rings. The quantitative estimate of drug-likeness (QED) is 0.806. The summed E-state index contributed by atoms with van der Waals surface area (Å²) >= 11 is 0. The average molecular weight is 393 g/mol. The number of anilines is 2. The Morgan fingerprint density at radius 1 is 1.03 bits per heavy atom. The van der Waals surface area contributed by atoms with E-state index in [2.05, 4.69) is 29.5 Å². The largest absolute Gasteiger partial charge is 0.367 e. The SMILES string of the molecule is CC1CC(C)CN(C(=O)c2ccccc2NC(=O)c2ccc(NC3CC3)nc2)C1. The van der Waals surface area contributed by atoms with Crippen LogP contribution in [0, 0.1) is 11.8 Å². The molecule has 2 fully saturated rings. The van der Waals surface area contributed by atoms with Gasteiger partial charge in [0.05, 0.1) is 16.8 Å². The molecular weight excluding hydrogens is 364 g/mol. The molecule has 29 heavy (non-hydrogen) atoms. The minimum absolute atomic E-state index is 0.0265. The summed E-state index contributed by atoms with van der Waals surface area (Å²) in [6, 6.07) is 11.3. The first-order chi connectivity index (χ1) is 14.0. The lowest BCUT2D eigenvalue weighted by Crippen LogP contribution is -2.42. The maximum Gasteiger partial charge on any atom is 0.257 e. The van der Waals surface area contributed by atoms with E-state index >= 15 is 0 Å². The number of nitrogens with one attached hydrogen (secondary N) is 2. The Hall–Kier alpha value is -2.89. The molecule has 4 rings (SSSR count). The number of hydrogen-bond donors (Lipinski definition) is 2. The monoisotopic (exact) mass is 392 g/mol. The van der Waals surface area contributed by atoms with E-state index in [1.807, 2.05) is 23.1 Å². The first kappa shape index (κ1) is 19.4. The van der Waals surface area contributed by atoms with E-state index < -0.39 is 0 Å². The zero-order valence-corrected chi connectivity index (χ0v) is 17.0. The lowest BCUT2D eigenvalue weighted by atomic mass is 9.91. The van der Waals surface area contributed by atoms with Gasteiger partial charge in [-0.15, -0.1) is 0 Å². The number of carbonyl (C=O) groups excluding carboxylic acids is 2. The van der Waals surface area contributed by atoms with E-state index in [4.69, 9.17) is 0 Å². The molecule has 1 saturated heterocycles. The molecule has 2 N–H and O–H groups in total. The van der Waals surface area contributed by atoms with E-state index in [9.17, 15) is 9.59 Å². The molecule has 0 bridgehead atoms. The fourth-order valence-corrected chi connectivity index (χ4v) is 4.02. The number of benzene rings is 1. The molecule has 2 unspecified atom stereocenters. The van der Waals surface area contributed by atoms with Gasteiger partial charge in [-0.3, -0.25) is 9.59 Å². The van der Waals surface area contributed by atoms with Gasteiger partial charge in [-0.2, -0.15) is 0 Å². The Labute approximate surface area is 171 Å². The standard InChI is InChI=1S/C23H28N4O2/c1-15-11-16(2)14-27(13-15)23(29)19-5-3-4-6-20(19)26-22(28)17-7-10-21(24-12-17)25-18-8-9-18/h3-7,10,12,15-16,18H,8-9,11,13-14H2,1-2H3,(H,24,25)(H,26,28). The highest BCUT2D eigenvalue weighted by Gasteiger charge is 2.27. The molecular formula is C23H28N4O2. The van der Waals surface area contributed by atoms with Gasteiger partial charge in [0.25, 0.3) is 11.8 Å². The third kappa shape index (κ3) is 4.75. The van der Waals surface area contributed by atoms with Crippen LogP contribution in [0.3, 0.4) is 0 Å². The number of likely N-dealkylation sites (tertiary alicyclic amines) is 1. The summed E-state index contributed by atoms with van der Waals surface area (Å²) in [5.74, 6) is 1.46. The highest BCUT2D eigenvalue weighted by Crippen LogP contribution is 2.26. The van der Waals surface area contributed by atoms with Crippen molar-refractivity contribution in [1.82, 2.24) is 9.88 Å². The Kier molecular flexibility index (Phi) is 5.51. The minimum atomic E-state index is -0.267. The van der Waals surface area contributed by atoms with Gasteiger partial charge in [0.2, 0.25) is 0 Å². The van der Waals surface area contributed by atoms with Gasteiger partial charge in [0.15, 0.2) is 0 Å². The number of carbonyl (C=O) groups is 2. The predicted octanol–water partition coefficient (Wildman–Crippen LogP) is 4.03. The number of para-hydroxylation sites is 1. The lowest BCUT2D eigenvalue weighted by molar-refractivity contribution is 0.0624. The normalized spacial score (nSPS) is 21.5. The van der Waals surface area contributed by atoms with Crippen molar-refractivity contribution in [2.75, 3.05) is 23.7 Å². The summed E-state index contributed by atoms with van der Waals surface area (Å²) in [6.45, 7) is 5.87. The molecule has 1 aliphatic heterocycles. The number of aromatic nitrogens is 1. The number of rotatable bonds is 5. The van der Waals surface area contributed by atoms with Crippen LogP contribution in [0.1, 0.15) is 53.8 Å². The van der Waals surface area contributed by atoms with Crippen molar-refractivity contribution in [3.05, 3.63) is 53.7 Å². The van der Waals surface area contributed by atoms with Gasteiger partial charge in [0.1, 0.15) is 5.82 Å². The highest BCUT2D eigenvalue weighted by molar-refractivity contribution is 6.09. The van der Waals surface area contributed by atoms with Crippen molar-refractivity contribution in [3.63, 3.8) is 0 Å². The second kappa shape index (κ2) is 8.23. The van der Waals surface area contributed by atoms with Crippen LogP contribution in [0.2, 0.25) is 0 Å². The van der Waals surface area contributed by atoms with E-state index in [1.165, 1.54) is 12.8 Å². The summed E-state index contributed by atoms with van der Waals surface area (Å²) in [4.78, 5) is 32.1. The van der Waals surface area contributed by atoms with Crippen LogP contribution in [0.5, 0.6) is 0 Å². The summed E-state index contributed by atoms with van der Waals surface area (Å²) in [6.07, 6.45) is 5.05. The van der Waals surface area contributed by atoms with Crippen molar-refractivity contribution in [2.45, 2.75) is 39.2 Å². The van der Waals surface area contributed by atoms with Crippen molar-refractivity contribution in [3.8, 4) is 0 Å². The second-order valence-corrected chi connectivity index (χ2v) is 8.51. The van der Waals surface area contributed by atoms with Gasteiger partial charge in [-0.25, -0.2) is 4.98 Å². The Balaban J connectivity index is 1.47. The second-order valence-electron chi connectivity index (χ2n) is 8.51. The molecule has 2 amide bonds. The van der Waals surface area contributed by atoms with Crippen LogP contribution in [0.25, 0.3) is 0 Å². The lowest BCUT2D eigenvalue weighted by Gasteiger charge is -2.35. The average Bonchev–Trinajstić information content (AvgIpc) is 3.51. The fourth-order valence-electron chi connectivity index (χ4n) is 4.02. The Morgan fingerprint density at radius 2 is 1.76 bits per heavy atom. The molecule has 6 nitrogen and oxygen atoms in total. The van der Waals surface area contributed by atoms with Gasteiger partial charge < -0.3 is 15.5 Å². The highest BCUT2D eigenvalue weighted by atomic mass is 16.2. The topological polar surface area (TPSA) is 74.3 Å². The third-order valence-electron chi connectivity index (χ3n) is 5.52. The third-order valence-corrected chi connectivity index (χ3v) is 5.52. The van der Waals surface area contributed by atoms with E-state index in [1.54, 1.807) is 24.4 Å². The van der Waals surface area contributed by atoms with Crippen molar-refractivity contribution < 1.29 is 9.59 Å². The van der Waals surface area contributed by atoms with Gasteiger partial charge >= 0.3 is 0 Å². The molecule has 2 aromatic rings. The first-order valence-electron chi connectivity index (χ1n) is 10.4. The number of amides is 2. The summed E-state index contributed by atoms with van der Waals surface area (Å²) in [7, 11) is 0. The zero-order chi connectivity index (χ0) is 20.4. The number of nitrogens with zero attached hydrogens (tertiary/aromatic N) is 2. The van der Waals surface area contributed by atoms with Gasteiger partial charge in [-0.05, 0) is 55.4 Å². The minimum Gasteiger partial charge on any atom is -0.367 e. The van der Waals surface area contributed by atoms with Crippen LogP contribution in [0.4, 0.5) is 11.5 Å². The molecule has 2 heterocycles. The fraction of sp³-hybridized carbons (Fsp3) is 0.435. The van der Waals surface area contributed by atoms with Crippen molar-refractivity contribution in [2.24, 2.45) is 11.8 Å². The summed E-state index contributed by atoms with van der Waals surface area (Å²) in [5.41, 5.74) is 1.53. The first-order valence-corrected chi connectivity index (χ1v) is 10.4. The molecule has 6 heteroatoms. The number of piperidine rings is 1. The smallest absolute Gasteiger partial charge is 0.257 e. The zero-order valence-electron chi connectivity index (χ0n) is 17.0. The van der Waals surface area contributed by atoms with E-state index in [0.717, 1.165) is 25.3 Å². The van der Waals surface area contributed by atoms with Crippen molar-refractivity contribution >= 4 is 23.3 Å². The molecule has 2 atom stereocenters. The summed E-state index contributed by atoms with van der Waals surface area (Å²) in [5, 5.41) is 6.20. The maximum atomic E-state index is 13.1. The van der Waals surface area contributed by atoms with Crippen LogP contribution in [-0.4, -0.2) is 40.8 Å². The Morgan fingerprint density at radius 3 is 2.41 bits per heavy atom. The summed E-state index contributed by atoms with van der Waals surface area (Å²) < 4.78 is 0. The molecule has 152 valence electrons. The molecule has 0 radical (unpaired) electrons. The van der Waals surface area contributed by atoms with E-state index in [0.29, 0.717) is 34.7 Å². The molecule has 1 aromatic heterocycles. The number of hydrogen-bond acceptors (Lipinski definition) is 4. The number of pyridine rings is 1. The van der Waals surface area contributed by atoms with Gasteiger partial charge in [-0.1, -0.05) is 26.0 Å². The molecule has 0 spiro atoms. The maximum absolute atomic E-state index is 13.1. The Bertz CT molecular complexity index is 882. The predicted molar refractivity (Wildman–Crippen MR) is 114 cm³/mol. The molecule has 1 aromatic carbocycles.